The summed E-state index contributed by atoms with van der Waals surface area (Å²) in [6.07, 6.45) is 1.44. The minimum absolute atomic E-state index is 0.0378. The maximum absolute atomic E-state index is 13.1. The second kappa shape index (κ2) is 3.92. The van der Waals surface area contributed by atoms with Crippen LogP contribution in [0.15, 0.2) is 35.3 Å². The number of aromatic nitrogens is 4. The fraction of sp³-hybridized carbons (Fsp3) is 0. The molecular weight excluding hydrogens is 259 g/mol. The number of nitrogens with zero attached hydrogens (tertiary/aromatic N) is 3. The van der Waals surface area contributed by atoms with Gasteiger partial charge in [-0.1, -0.05) is 0 Å². The van der Waals surface area contributed by atoms with Gasteiger partial charge in [0.15, 0.2) is 0 Å². The van der Waals surface area contributed by atoms with Gasteiger partial charge in [-0.2, -0.15) is 4.98 Å². The van der Waals surface area contributed by atoms with Crippen LogP contribution in [0.4, 0.5) is 4.39 Å². The molecule has 5 nitrogen and oxygen atoms in total. The number of hydrogen-bond acceptors (Lipinski definition) is 3. The fourth-order valence-corrected chi connectivity index (χ4v) is 1.90. The molecule has 0 unspecified atom stereocenters. The average Bonchev–Trinajstić information content (AvgIpc) is 2.64. The van der Waals surface area contributed by atoms with Gasteiger partial charge in [-0.15, -0.1) is 0 Å². The number of H-pyrrole nitrogens is 1. The van der Waals surface area contributed by atoms with E-state index in [9.17, 15) is 9.18 Å². The third-order valence-corrected chi connectivity index (χ3v) is 2.67. The van der Waals surface area contributed by atoms with Crippen molar-refractivity contribution < 1.29 is 4.39 Å². The molecular formula is C11H6ClFN4O. The van der Waals surface area contributed by atoms with Crippen LogP contribution in [0.2, 0.25) is 5.28 Å². The van der Waals surface area contributed by atoms with Gasteiger partial charge in [-0.05, 0) is 29.8 Å². The van der Waals surface area contributed by atoms with E-state index in [1.54, 1.807) is 6.07 Å². The molecule has 0 aliphatic rings. The molecule has 0 atom stereocenters. The molecule has 7 heteroatoms. The van der Waals surface area contributed by atoms with Crippen LogP contribution in [0.25, 0.3) is 16.9 Å². The van der Waals surface area contributed by atoms with Crippen molar-refractivity contribution >= 4 is 22.6 Å². The summed E-state index contributed by atoms with van der Waals surface area (Å²) >= 11 is 5.68. The normalized spacial score (nSPS) is 11.0. The van der Waals surface area contributed by atoms with Crippen LogP contribution >= 0.6 is 11.6 Å². The van der Waals surface area contributed by atoms with Gasteiger partial charge in [0, 0.05) is 12.3 Å². The predicted molar refractivity (Wildman–Crippen MR) is 64.5 cm³/mol. The third-order valence-electron chi connectivity index (χ3n) is 2.48. The van der Waals surface area contributed by atoms with Gasteiger partial charge >= 0.3 is 5.69 Å². The number of hydrogen-bond donors (Lipinski definition) is 1. The number of imidazole rings is 1. The second-order valence-electron chi connectivity index (χ2n) is 3.61. The summed E-state index contributed by atoms with van der Waals surface area (Å²) < 4.78 is 14.4. The largest absolute Gasteiger partial charge is 0.332 e. The highest BCUT2D eigenvalue weighted by Crippen LogP contribution is 2.15. The quantitative estimate of drug-likeness (QED) is 0.683. The van der Waals surface area contributed by atoms with E-state index in [0.29, 0.717) is 16.9 Å². The summed E-state index contributed by atoms with van der Waals surface area (Å²) in [5.41, 5.74) is 0.510. The van der Waals surface area contributed by atoms with Crippen molar-refractivity contribution in [1.29, 1.82) is 0 Å². The Labute approximate surface area is 105 Å². The number of fused-ring (bicyclic) bond motifs is 1. The number of aromatic amines is 1. The number of benzene rings is 1. The summed E-state index contributed by atoms with van der Waals surface area (Å²) in [5, 5.41) is 0.0378. The van der Waals surface area contributed by atoms with E-state index in [1.165, 1.54) is 29.0 Å². The van der Waals surface area contributed by atoms with Gasteiger partial charge in [0.25, 0.3) is 0 Å². The summed E-state index contributed by atoms with van der Waals surface area (Å²) in [4.78, 5) is 22.1. The molecule has 2 heterocycles. The molecule has 90 valence electrons. The van der Waals surface area contributed by atoms with Crippen molar-refractivity contribution in [3.8, 4) is 5.82 Å². The smallest absolute Gasteiger partial charge is 0.305 e. The summed E-state index contributed by atoms with van der Waals surface area (Å²) in [7, 11) is 0. The van der Waals surface area contributed by atoms with E-state index < -0.39 is 11.5 Å². The fourth-order valence-electron chi connectivity index (χ4n) is 1.76. The highest BCUT2D eigenvalue weighted by molar-refractivity contribution is 6.28. The molecule has 0 fully saturated rings. The summed E-state index contributed by atoms with van der Waals surface area (Å²) in [5.74, 6) is -0.0884. The lowest BCUT2D eigenvalue weighted by atomic mass is 10.3. The molecule has 0 amide bonds. The molecule has 0 saturated heterocycles. The van der Waals surface area contributed by atoms with Crippen molar-refractivity contribution in [2.24, 2.45) is 0 Å². The zero-order valence-electron chi connectivity index (χ0n) is 8.89. The number of nitrogens with one attached hydrogen (secondary N) is 1. The first kappa shape index (κ1) is 10.9. The lowest BCUT2D eigenvalue weighted by molar-refractivity contribution is 0.629. The first-order valence-electron chi connectivity index (χ1n) is 5.04. The van der Waals surface area contributed by atoms with Gasteiger partial charge in [-0.3, -0.25) is 0 Å². The molecule has 2 aromatic heterocycles. The first-order valence-corrected chi connectivity index (χ1v) is 5.42. The predicted octanol–water partition coefficient (Wildman–Crippen LogP) is 1.90. The average molecular weight is 265 g/mol. The van der Waals surface area contributed by atoms with Crippen LogP contribution in [0.5, 0.6) is 0 Å². The molecule has 18 heavy (non-hydrogen) atoms. The van der Waals surface area contributed by atoms with Crippen molar-refractivity contribution in [3.05, 3.63) is 52.0 Å². The molecule has 0 radical (unpaired) electrons. The Morgan fingerprint density at radius 2 is 2.17 bits per heavy atom. The molecule has 0 bridgehead atoms. The minimum atomic E-state index is -0.420. The third kappa shape index (κ3) is 1.67. The highest BCUT2D eigenvalue weighted by atomic mass is 35.5. The molecule has 3 aromatic rings. The minimum Gasteiger partial charge on any atom is -0.305 e. The standard InChI is InChI=1S/C11H6ClFN4O/c12-10-14-4-3-9(16-10)17-8-2-1-6(13)5-7(8)15-11(17)18/h1-5H,(H,15,18). The van der Waals surface area contributed by atoms with Gasteiger partial charge in [0.2, 0.25) is 5.28 Å². The van der Waals surface area contributed by atoms with Crippen LogP contribution in [0.3, 0.4) is 0 Å². The first-order chi connectivity index (χ1) is 8.65. The lowest BCUT2D eigenvalue weighted by Crippen LogP contribution is -2.15. The highest BCUT2D eigenvalue weighted by Gasteiger charge is 2.10. The summed E-state index contributed by atoms with van der Waals surface area (Å²) in [6.45, 7) is 0. The van der Waals surface area contributed by atoms with Gasteiger partial charge in [0.05, 0.1) is 11.0 Å². The molecule has 3 rings (SSSR count). The van der Waals surface area contributed by atoms with Crippen molar-refractivity contribution in [1.82, 2.24) is 19.5 Å². The van der Waals surface area contributed by atoms with Gasteiger partial charge < -0.3 is 4.98 Å². The van der Waals surface area contributed by atoms with E-state index in [0.717, 1.165) is 0 Å². The van der Waals surface area contributed by atoms with Crippen LogP contribution < -0.4 is 5.69 Å². The van der Waals surface area contributed by atoms with E-state index in [1.807, 2.05) is 0 Å². The SMILES string of the molecule is O=c1[nH]c2cc(F)ccc2n1-c1ccnc(Cl)n1. The zero-order chi connectivity index (χ0) is 12.7. The molecule has 1 aromatic carbocycles. The zero-order valence-corrected chi connectivity index (χ0v) is 9.65. The van der Waals surface area contributed by atoms with E-state index in [4.69, 9.17) is 11.6 Å². The van der Waals surface area contributed by atoms with Crippen LogP contribution in [-0.2, 0) is 0 Å². The van der Waals surface area contributed by atoms with Crippen molar-refractivity contribution in [3.63, 3.8) is 0 Å². The Balaban J connectivity index is 2.35. The summed E-state index contributed by atoms with van der Waals surface area (Å²) in [6, 6.07) is 5.56. The number of halogens is 2. The molecule has 0 spiro atoms. The van der Waals surface area contributed by atoms with E-state index in [2.05, 4.69) is 15.0 Å². The Hall–Kier alpha value is -2.21. The monoisotopic (exact) mass is 264 g/mol. The topological polar surface area (TPSA) is 63.6 Å². The lowest BCUT2D eigenvalue weighted by Gasteiger charge is -2.01. The van der Waals surface area contributed by atoms with Crippen LogP contribution in [0, 0.1) is 5.82 Å². The maximum Gasteiger partial charge on any atom is 0.332 e. The second-order valence-corrected chi connectivity index (χ2v) is 3.95. The molecule has 0 aliphatic carbocycles. The Bertz CT molecular complexity index is 795. The van der Waals surface area contributed by atoms with Crippen molar-refractivity contribution in [2.45, 2.75) is 0 Å². The Morgan fingerprint density at radius 3 is 2.94 bits per heavy atom. The number of rotatable bonds is 1. The molecule has 1 N–H and O–H groups in total. The van der Waals surface area contributed by atoms with Crippen molar-refractivity contribution in [2.75, 3.05) is 0 Å². The maximum atomic E-state index is 13.1. The van der Waals surface area contributed by atoms with Crippen LogP contribution in [0.1, 0.15) is 0 Å². The van der Waals surface area contributed by atoms with Gasteiger partial charge in [-0.25, -0.2) is 18.7 Å². The van der Waals surface area contributed by atoms with Crippen LogP contribution in [-0.4, -0.2) is 19.5 Å². The Kier molecular flexibility index (Phi) is 2.38. The van der Waals surface area contributed by atoms with Gasteiger partial charge in [0.1, 0.15) is 11.6 Å². The van der Waals surface area contributed by atoms with E-state index in [-0.39, 0.29) is 5.28 Å². The molecule has 0 saturated carbocycles. The van der Waals surface area contributed by atoms with E-state index >= 15 is 0 Å². The Morgan fingerprint density at radius 1 is 1.33 bits per heavy atom. The molecule has 0 aliphatic heterocycles.